The smallest absolute Gasteiger partial charge is 0.254 e. The molecule has 1 aromatic heterocycles. The number of ether oxygens (including phenoxy) is 2. The molecule has 3 rings (SSSR count). The first-order valence-corrected chi connectivity index (χ1v) is 6.79. The summed E-state index contributed by atoms with van der Waals surface area (Å²) in [6.45, 7) is 0.631. The van der Waals surface area contributed by atoms with Crippen LogP contribution in [0.25, 0.3) is 0 Å². The van der Waals surface area contributed by atoms with Crippen LogP contribution in [0.4, 0.5) is 5.95 Å². The van der Waals surface area contributed by atoms with Gasteiger partial charge in [-0.2, -0.15) is 0 Å². The highest BCUT2D eigenvalue weighted by Crippen LogP contribution is 2.32. The number of anilines is 1. The Morgan fingerprint density at radius 3 is 2.68 bits per heavy atom. The molecule has 0 saturated carbocycles. The van der Waals surface area contributed by atoms with E-state index in [2.05, 4.69) is 15.3 Å². The van der Waals surface area contributed by atoms with Crippen molar-refractivity contribution in [2.45, 2.75) is 6.54 Å². The Morgan fingerprint density at radius 2 is 1.95 bits per heavy atom. The summed E-state index contributed by atoms with van der Waals surface area (Å²) in [5.41, 5.74) is 1.36. The van der Waals surface area contributed by atoms with E-state index in [1.54, 1.807) is 4.90 Å². The van der Waals surface area contributed by atoms with Crippen LogP contribution in [0.3, 0.4) is 0 Å². The number of fused-ring (bicyclic) bond motifs is 1. The van der Waals surface area contributed by atoms with Crippen molar-refractivity contribution >= 4 is 11.9 Å². The van der Waals surface area contributed by atoms with Crippen molar-refractivity contribution in [3.63, 3.8) is 0 Å². The van der Waals surface area contributed by atoms with E-state index in [-0.39, 0.29) is 12.7 Å². The maximum absolute atomic E-state index is 12.1. The number of carbonyl (C=O) groups is 1. The summed E-state index contributed by atoms with van der Waals surface area (Å²) in [4.78, 5) is 22.1. The normalized spacial score (nSPS) is 12.1. The van der Waals surface area contributed by atoms with Gasteiger partial charge in [-0.3, -0.25) is 4.79 Å². The molecule has 0 fully saturated rings. The molecule has 1 aliphatic heterocycles. The second-order valence-electron chi connectivity index (χ2n) is 5.04. The summed E-state index contributed by atoms with van der Waals surface area (Å²) in [6.07, 6.45) is 3.02. The fourth-order valence-electron chi connectivity index (χ4n) is 2.00. The second kappa shape index (κ2) is 5.88. The van der Waals surface area contributed by atoms with Gasteiger partial charge in [0.15, 0.2) is 11.5 Å². The van der Waals surface area contributed by atoms with Crippen LogP contribution in [0.1, 0.15) is 15.9 Å². The molecule has 0 bridgehead atoms. The molecule has 7 nitrogen and oxygen atoms in total. The molecular weight excluding hydrogens is 284 g/mol. The van der Waals surface area contributed by atoms with E-state index in [0.29, 0.717) is 23.8 Å². The molecule has 1 N–H and O–H groups in total. The number of amides is 1. The van der Waals surface area contributed by atoms with Gasteiger partial charge in [0, 0.05) is 33.0 Å². The van der Waals surface area contributed by atoms with Gasteiger partial charge in [0.05, 0.1) is 5.56 Å². The van der Waals surface area contributed by atoms with Gasteiger partial charge in [-0.15, -0.1) is 0 Å². The highest BCUT2D eigenvalue weighted by molar-refractivity contribution is 5.93. The van der Waals surface area contributed by atoms with Gasteiger partial charge in [0.25, 0.3) is 5.91 Å². The Hall–Kier alpha value is -2.83. The summed E-state index contributed by atoms with van der Waals surface area (Å²) in [5, 5.41) is 2.83. The molecule has 0 aliphatic carbocycles. The fourth-order valence-corrected chi connectivity index (χ4v) is 2.00. The van der Waals surface area contributed by atoms with E-state index in [1.165, 1.54) is 12.4 Å². The lowest BCUT2D eigenvalue weighted by Gasteiger charge is -2.10. The van der Waals surface area contributed by atoms with Gasteiger partial charge in [-0.25, -0.2) is 9.97 Å². The first-order valence-electron chi connectivity index (χ1n) is 6.79. The van der Waals surface area contributed by atoms with Gasteiger partial charge >= 0.3 is 0 Å². The zero-order valence-electron chi connectivity index (χ0n) is 12.4. The number of benzene rings is 1. The first kappa shape index (κ1) is 14.1. The highest BCUT2D eigenvalue weighted by atomic mass is 16.7. The third-order valence-electron chi connectivity index (χ3n) is 3.19. The van der Waals surface area contributed by atoms with E-state index in [9.17, 15) is 4.79 Å². The molecule has 1 aliphatic rings. The number of hydrogen-bond donors (Lipinski definition) is 1. The third-order valence-corrected chi connectivity index (χ3v) is 3.19. The van der Waals surface area contributed by atoms with Crippen molar-refractivity contribution in [1.29, 1.82) is 0 Å². The van der Waals surface area contributed by atoms with Crippen molar-refractivity contribution in [3.05, 3.63) is 41.7 Å². The molecule has 0 spiro atoms. The largest absolute Gasteiger partial charge is 0.454 e. The van der Waals surface area contributed by atoms with E-state index in [0.717, 1.165) is 11.3 Å². The van der Waals surface area contributed by atoms with Gasteiger partial charge in [0.2, 0.25) is 12.7 Å². The van der Waals surface area contributed by atoms with Crippen LogP contribution in [0, 0.1) is 0 Å². The summed E-state index contributed by atoms with van der Waals surface area (Å²) >= 11 is 0. The molecule has 0 atom stereocenters. The molecule has 22 heavy (non-hydrogen) atoms. The van der Waals surface area contributed by atoms with Crippen LogP contribution < -0.4 is 19.7 Å². The third kappa shape index (κ3) is 2.93. The number of aromatic nitrogens is 2. The Labute approximate surface area is 127 Å². The minimum absolute atomic E-state index is 0.219. The summed E-state index contributed by atoms with van der Waals surface area (Å²) in [7, 11) is 3.68. The Morgan fingerprint density at radius 1 is 1.23 bits per heavy atom. The van der Waals surface area contributed by atoms with Crippen molar-refractivity contribution in [1.82, 2.24) is 15.3 Å². The van der Waals surface area contributed by atoms with Crippen molar-refractivity contribution in [2.75, 3.05) is 25.8 Å². The van der Waals surface area contributed by atoms with Crippen LogP contribution in [0.5, 0.6) is 11.5 Å². The van der Waals surface area contributed by atoms with Crippen LogP contribution in [-0.2, 0) is 6.54 Å². The zero-order chi connectivity index (χ0) is 15.5. The molecule has 1 aromatic carbocycles. The molecule has 0 radical (unpaired) electrons. The van der Waals surface area contributed by atoms with Crippen molar-refractivity contribution < 1.29 is 14.3 Å². The van der Waals surface area contributed by atoms with Gasteiger partial charge in [-0.05, 0) is 17.7 Å². The van der Waals surface area contributed by atoms with Crippen molar-refractivity contribution in [3.8, 4) is 11.5 Å². The lowest BCUT2D eigenvalue weighted by atomic mass is 10.2. The monoisotopic (exact) mass is 300 g/mol. The topological polar surface area (TPSA) is 76.6 Å². The second-order valence-corrected chi connectivity index (χ2v) is 5.04. The van der Waals surface area contributed by atoms with Gasteiger partial charge < -0.3 is 19.7 Å². The maximum atomic E-state index is 12.1. The number of nitrogens with zero attached hydrogens (tertiary/aromatic N) is 3. The Kier molecular flexibility index (Phi) is 3.78. The highest BCUT2D eigenvalue weighted by Gasteiger charge is 2.14. The minimum Gasteiger partial charge on any atom is -0.454 e. The molecule has 0 unspecified atom stereocenters. The van der Waals surface area contributed by atoms with Gasteiger partial charge in [0.1, 0.15) is 0 Å². The average molecular weight is 300 g/mol. The van der Waals surface area contributed by atoms with Crippen LogP contribution in [0.2, 0.25) is 0 Å². The summed E-state index contributed by atoms with van der Waals surface area (Å²) in [5.74, 6) is 1.77. The molecule has 2 aromatic rings. The van der Waals surface area contributed by atoms with E-state index in [4.69, 9.17) is 9.47 Å². The lowest BCUT2D eigenvalue weighted by Crippen LogP contribution is -2.23. The summed E-state index contributed by atoms with van der Waals surface area (Å²) in [6, 6.07) is 5.58. The van der Waals surface area contributed by atoms with Crippen LogP contribution in [0.15, 0.2) is 30.6 Å². The first-order chi connectivity index (χ1) is 10.6. The van der Waals surface area contributed by atoms with E-state index >= 15 is 0 Å². The summed E-state index contributed by atoms with van der Waals surface area (Å²) < 4.78 is 10.6. The maximum Gasteiger partial charge on any atom is 0.254 e. The van der Waals surface area contributed by atoms with Gasteiger partial charge in [-0.1, -0.05) is 6.07 Å². The van der Waals surface area contributed by atoms with Crippen LogP contribution in [-0.4, -0.2) is 36.8 Å². The molecule has 2 heterocycles. The number of hydrogen-bond acceptors (Lipinski definition) is 6. The average Bonchev–Trinajstić information content (AvgIpc) is 3.00. The minimum atomic E-state index is -0.219. The molecule has 1 amide bonds. The zero-order valence-corrected chi connectivity index (χ0v) is 12.4. The standard InChI is InChI=1S/C15H16N4O3/c1-19(2)15-17-7-11(8-18-15)14(20)16-6-10-3-4-12-13(5-10)22-9-21-12/h3-5,7-8H,6,9H2,1-2H3,(H,16,20). The number of nitrogens with one attached hydrogen (secondary N) is 1. The Balaban J connectivity index is 1.62. The molecular formula is C15H16N4O3. The van der Waals surface area contributed by atoms with E-state index < -0.39 is 0 Å². The number of carbonyl (C=O) groups excluding carboxylic acids is 1. The van der Waals surface area contributed by atoms with E-state index in [1.807, 2.05) is 32.3 Å². The predicted molar refractivity (Wildman–Crippen MR) is 80.1 cm³/mol. The Bertz CT molecular complexity index is 686. The lowest BCUT2D eigenvalue weighted by molar-refractivity contribution is 0.0950. The molecule has 7 heteroatoms. The molecule has 114 valence electrons. The number of rotatable bonds is 4. The quantitative estimate of drug-likeness (QED) is 0.914. The van der Waals surface area contributed by atoms with Crippen molar-refractivity contribution in [2.24, 2.45) is 0 Å². The fraction of sp³-hybridized carbons (Fsp3) is 0.267. The molecule has 0 saturated heterocycles. The van der Waals surface area contributed by atoms with Crippen LogP contribution >= 0.6 is 0 Å². The predicted octanol–water partition coefficient (Wildman–Crippen LogP) is 1.20. The SMILES string of the molecule is CN(C)c1ncc(C(=O)NCc2ccc3c(c2)OCO3)cn1.